The van der Waals surface area contributed by atoms with Gasteiger partial charge < -0.3 is 0 Å². The highest BCUT2D eigenvalue weighted by atomic mass is 35.5. The van der Waals surface area contributed by atoms with E-state index in [1.165, 1.54) is 4.90 Å². The molecule has 3 amide bonds. The molecule has 6 heteroatoms. The van der Waals surface area contributed by atoms with Crippen LogP contribution in [0.15, 0.2) is 18.2 Å². The van der Waals surface area contributed by atoms with Crippen LogP contribution in [-0.2, 0) is 4.79 Å². The number of nitrogens with zero attached hydrogens (tertiary/aromatic N) is 1. The minimum Gasteiger partial charge on any atom is -0.292 e. The molecule has 1 aliphatic rings. The van der Waals surface area contributed by atoms with Crippen molar-refractivity contribution in [2.75, 3.05) is 11.4 Å². The fraction of sp³-hybridized carbons (Fsp3) is 0.273. The van der Waals surface area contributed by atoms with E-state index in [0.29, 0.717) is 22.3 Å². The fourth-order valence-electron chi connectivity index (χ4n) is 1.64. The Labute approximate surface area is 108 Å². The van der Waals surface area contributed by atoms with Crippen LogP contribution in [0.1, 0.15) is 6.92 Å². The number of benzene rings is 1. The zero-order valence-electron chi connectivity index (χ0n) is 9.04. The van der Waals surface area contributed by atoms with Gasteiger partial charge in [0.25, 0.3) is 0 Å². The lowest BCUT2D eigenvalue weighted by Gasteiger charge is -2.31. The number of halogens is 2. The van der Waals surface area contributed by atoms with Crippen molar-refractivity contribution < 1.29 is 9.59 Å². The van der Waals surface area contributed by atoms with Crippen molar-refractivity contribution in [1.29, 1.82) is 0 Å². The maximum atomic E-state index is 11.7. The highest BCUT2D eigenvalue weighted by Crippen LogP contribution is 2.33. The second-order valence-electron chi connectivity index (χ2n) is 3.88. The summed E-state index contributed by atoms with van der Waals surface area (Å²) in [5, 5.41) is 2.96. The van der Waals surface area contributed by atoms with Crippen LogP contribution in [0.2, 0.25) is 10.0 Å². The molecular formula is C11H10Cl2N2O2. The molecule has 1 heterocycles. The first-order valence-corrected chi connectivity index (χ1v) is 5.82. The van der Waals surface area contributed by atoms with Gasteiger partial charge >= 0.3 is 6.03 Å². The van der Waals surface area contributed by atoms with Crippen molar-refractivity contribution in [3.63, 3.8) is 0 Å². The van der Waals surface area contributed by atoms with Gasteiger partial charge in [0.1, 0.15) is 0 Å². The molecule has 0 spiro atoms. The van der Waals surface area contributed by atoms with Crippen molar-refractivity contribution >= 4 is 40.8 Å². The Morgan fingerprint density at radius 1 is 1.35 bits per heavy atom. The Morgan fingerprint density at radius 3 is 2.76 bits per heavy atom. The van der Waals surface area contributed by atoms with Gasteiger partial charge in [0.2, 0.25) is 5.91 Å². The molecule has 1 fully saturated rings. The molecule has 1 unspecified atom stereocenters. The van der Waals surface area contributed by atoms with Gasteiger partial charge in [-0.3, -0.25) is 15.0 Å². The summed E-state index contributed by atoms with van der Waals surface area (Å²) in [7, 11) is 0. The average molecular weight is 273 g/mol. The second kappa shape index (κ2) is 4.55. The van der Waals surface area contributed by atoms with Crippen LogP contribution in [0, 0.1) is 5.92 Å². The van der Waals surface area contributed by atoms with Gasteiger partial charge in [-0.05, 0) is 12.1 Å². The maximum absolute atomic E-state index is 11.7. The summed E-state index contributed by atoms with van der Waals surface area (Å²) in [5.74, 6) is -0.549. The molecule has 1 saturated heterocycles. The van der Waals surface area contributed by atoms with Crippen molar-refractivity contribution in [3.05, 3.63) is 28.2 Å². The third-order valence-corrected chi connectivity index (χ3v) is 3.41. The summed E-state index contributed by atoms with van der Waals surface area (Å²) < 4.78 is 0. The number of nitrogens with one attached hydrogen (secondary N) is 1. The summed E-state index contributed by atoms with van der Waals surface area (Å²) in [6, 6.07) is 4.56. The van der Waals surface area contributed by atoms with E-state index in [-0.39, 0.29) is 11.8 Å². The Hall–Kier alpha value is -1.26. The molecule has 1 atom stereocenters. The summed E-state index contributed by atoms with van der Waals surface area (Å²) in [5.41, 5.74) is 0.510. The van der Waals surface area contributed by atoms with E-state index >= 15 is 0 Å². The number of urea groups is 1. The monoisotopic (exact) mass is 272 g/mol. The maximum Gasteiger partial charge on any atom is 0.328 e. The van der Waals surface area contributed by atoms with Crippen LogP contribution >= 0.6 is 23.2 Å². The molecule has 1 N–H and O–H groups in total. The summed E-state index contributed by atoms with van der Waals surface area (Å²) >= 11 is 11.9. The topological polar surface area (TPSA) is 49.4 Å². The second-order valence-corrected chi connectivity index (χ2v) is 4.66. The highest BCUT2D eigenvalue weighted by molar-refractivity contribution is 6.44. The molecular weight excluding hydrogens is 263 g/mol. The number of imide groups is 1. The van der Waals surface area contributed by atoms with Crippen molar-refractivity contribution in [2.45, 2.75) is 6.92 Å². The van der Waals surface area contributed by atoms with E-state index in [4.69, 9.17) is 23.2 Å². The summed E-state index contributed by atoms with van der Waals surface area (Å²) in [6.07, 6.45) is 0. The molecule has 4 nitrogen and oxygen atoms in total. The summed E-state index contributed by atoms with van der Waals surface area (Å²) in [4.78, 5) is 24.4. The van der Waals surface area contributed by atoms with Crippen LogP contribution in [-0.4, -0.2) is 18.5 Å². The molecule has 0 aliphatic carbocycles. The van der Waals surface area contributed by atoms with E-state index in [0.717, 1.165) is 0 Å². The third-order valence-electron chi connectivity index (χ3n) is 2.60. The number of rotatable bonds is 1. The molecule has 0 bridgehead atoms. The molecule has 0 saturated carbocycles. The zero-order valence-corrected chi connectivity index (χ0v) is 10.5. The lowest BCUT2D eigenvalue weighted by atomic mass is 10.1. The van der Waals surface area contributed by atoms with E-state index in [1.54, 1.807) is 25.1 Å². The first-order valence-electron chi connectivity index (χ1n) is 5.07. The molecule has 1 aliphatic heterocycles. The predicted octanol–water partition coefficient (Wildman–Crippen LogP) is 2.69. The quantitative estimate of drug-likeness (QED) is 0.855. The van der Waals surface area contributed by atoms with Crippen LogP contribution in [0.3, 0.4) is 0 Å². The number of carbonyl (C=O) groups is 2. The molecule has 17 heavy (non-hydrogen) atoms. The van der Waals surface area contributed by atoms with Gasteiger partial charge in [-0.25, -0.2) is 4.79 Å². The first kappa shape index (κ1) is 12.2. The van der Waals surface area contributed by atoms with Gasteiger partial charge in [0.15, 0.2) is 0 Å². The SMILES string of the molecule is CC1CN(c2cccc(Cl)c2Cl)C(=O)NC1=O. The number of amides is 3. The number of hydrogen-bond donors (Lipinski definition) is 1. The van der Waals surface area contributed by atoms with E-state index in [9.17, 15) is 9.59 Å². The van der Waals surface area contributed by atoms with Crippen molar-refractivity contribution in [3.8, 4) is 0 Å². The largest absolute Gasteiger partial charge is 0.328 e. The van der Waals surface area contributed by atoms with Crippen molar-refractivity contribution in [1.82, 2.24) is 5.32 Å². The minimum atomic E-state index is -0.475. The van der Waals surface area contributed by atoms with Crippen LogP contribution in [0.4, 0.5) is 10.5 Å². The standard InChI is InChI=1S/C11H10Cl2N2O2/c1-6-5-15(11(17)14-10(6)16)8-4-2-3-7(12)9(8)13/h2-4,6H,5H2,1H3,(H,14,16,17). The van der Waals surface area contributed by atoms with Gasteiger partial charge in [-0.1, -0.05) is 36.2 Å². The van der Waals surface area contributed by atoms with Gasteiger partial charge in [0, 0.05) is 6.54 Å². The number of anilines is 1. The summed E-state index contributed by atoms with van der Waals surface area (Å²) in [6.45, 7) is 2.04. The fourth-order valence-corrected chi connectivity index (χ4v) is 2.04. The smallest absolute Gasteiger partial charge is 0.292 e. The molecule has 1 aromatic rings. The Bertz CT molecular complexity index is 490. The van der Waals surface area contributed by atoms with E-state index in [2.05, 4.69) is 5.32 Å². The Morgan fingerprint density at radius 2 is 2.06 bits per heavy atom. The first-order chi connectivity index (χ1) is 8.00. The molecule has 0 radical (unpaired) electrons. The zero-order chi connectivity index (χ0) is 12.6. The van der Waals surface area contributed by atoms with Crippen LogP contribution in [0.5, 0.6) is 0 Å². The molecule has 0 aromatic heterocycles. The van der Waals surface area contributed by atoms with Crippen LogP contribution in [0.25, 0.3) is 0 Å². The number of carbonyl (C=O) groups excluding carboxylic acids is 2. The van der Waals surface area contributed by atoms with E-state index in [1.807, 2.05) is 0 Å². The molecule has 1 aromatic carbocycles. The average Bonchev–Trinajstić information content (AvgIpc) is 2.28. The Balaban J connectivity index is 2.36. The van der Waals surface area contributed by atoms with Gasteiger partial charge in [0.05, 0.1) is 21.7 Å². The normalized spacial score (nSPS) is 20.4. The van der Waals surface area contributed by atoms with Gasteiger partial charge in [-0.15, -0.1) is 0 Å². The highest BCUT2D eigenvalue weighted by Gasteiger charge is 2.31. The third kappa shape index (κ3) is 2.23. The molecule has 2 rings (SSSR count). The van der Waals surface area contributed by atoms with Gasteiger partial charge in [-0.2, -0.15) is 0 Å². The van der Waals surface area contributed by atoms with Crippen LogP contribution < -0.4 is 10.2 Å². The number of hydrogen-bond acceptors (Lipinski definition) is 2. The lowest BCUT2D eigenvalue weighted by molar-refractivity contribution is -0.123. The Kier molecular flexibility index (Phi) is 3.26. The molecule has 90 valence electrons. The predicted molar refractivity (Wildman–Crippen MR) is 66.5 cm³/mol. The minimum absolute atomic E-state index is 0.274. The van der Waals surface area contributed by atoms with E-state index < -0.39 is 6.03 Å². The lowest BCUT2D eigenvalue weighted by Crippen LogP contribution is -2.54. The van der Waals surface area contributed by atoms with Crippen molar-refractivity contribution in [2.24, 2.45) is 5.92 Å².